The van der Waals surface area contributed by atoms with Crippen molar-refractivity contribution >= 4 is 43.8 Å². The Bertz CT molecular complexity index is 2020. The van der Waals surface area contributed by atoms with E-state index >= 15 is 0 Å². The van der Waals surface area contributed by atoms with Gasteiger partial charge in [0, 0.05) is 0 Å². The van der Waals surface area contributed by atoms with Crippen LogP contribution in [0.15, 0.2) is 90.0 Å². The predicted octanol–water partition coefficient (Wildman–Crippen LogP) is 13.7. The van der Waals surface area contributed by atoms with Gasteiger partial charge < -0.3 is 0 Å². The van der Waals surface area contributed by atoms with Crippen LogP contribution in [0, 0.1) is 12.8 Å². The van der Waals surface area contributed by atoms with Crippen molar-refractivity contribution in [3.05, 3.63) is 129 Å². The summed E-state index contributed by atoms with van der Waals surface area (Å²) in [6.07, 6.45) is 6.35. The maximum Gasteiger partial charge on any atom is -0.147 e. The normalized spacial score (nSPS) is 17.4. The number of benzene rings is 4. The average Bonchev–Trinajstić information content (AvgIpc) is 3.62. The molecule has 50 heavy (non-hydrogen) atoms. The van der Waals surface area contributed by atoms with E-state index in [1.54, 1.807) is 22.3 Å². The number of allylic oxidation sites excluding steroid dienone is 2. The zero-order valence-corrected chi connectivity index (χ0v) is 38.1. The molecule has 0 saturated carbocycles. The first-order valence-electron chi connectivity index (χ1n) is 18.3. The molecule has 0 saturated heterocycles. The minimum atomic E-state index is -3.75. The Morgan fingerprint density at radius 2 is 1.16 bits per heavy atom. The Hall–Kier alpha value is -1.96. The molecule has 0 amide bonds. The molecule has 0 fully saturated rings. The fourth-order valence-corrected chi connectivity index (χ4v) is 29.2. The number of hydrogen-bond acceptors (Lipinski definition) is 0. The molecule has 0 heterocycles. The summed E-state index contributed by atoms with van der Waals surface area (Å²) in [5.41, 5.74) is 19.5. The Kier molecular flexibility index (Phi) is 11.5. The van der Waals surface area contributed by atoms with Gasteiger partial charge in [-0.3, -0.25) is 0 Å². The predicted molar refractivity (Wildman–Crippen MR) is 227 cm³/mol. The van der Waals surface area contributed by atoms with Crippen molar-refractivity contribution in [1.29, 1.82) is 0 Å². The molecule has 2 aliphatic rings. The second-order valence-electron chi connectivity index (χ2n) is 18.4. The van der Waals surface area contributed by atoms with Gasteiger partial charge in [-0.1, -0.05) is 0 Å². The van der Waals surface area contributed by atoms with Gasteiger partial charge in [0.25, 0.3) is 0 Å². The molecule has 2 unspecified atom stereocenters. The minimum Gasteiger partial charge on any atom is -0.147 e. The van der Waals surface area contributed by atoms with Crippen molar-refractivity contribution < 1.29 is 17.4 Å². The molecule has 0 N–H and O–H groups in total. The largest absolute Gasteiger partial charge is 0.147 e. The average molecular weight is 803 g/mol. The summed E-state index contributed by atoms with van der Waals surface area (Å²) in [6.45, 7) is 25.9. The Morgan fingerprint density at radius 3 is 1.62 bits per heavy atom. The molecule has 266 valence electrons. The molecule has 0 spiro atoms. The molecule has 6 rings (SSSR count). The van der Waals surface area contributed by atoms with E-state index in [2.05, 4.69) is 176 Å². The van der Waals surface area contributed by atoms with Crippen LogP contribution in [0.2, 0.25) is 9.26 Å². The molecular formula is C46H60Cl2SiZr. The van der Waals surface area contributed by atoms with Crippen LogP contribution in [0.1, 0.15) is 115 Å². The summed E-state index contributed by atoms with van der Waals surface area (Å²) in [4.78, 5) is 0. The quantitative estimate of drug-likeness (QED) is 0.170. The number of rotatable bonds is 6. The SMILES string of the molecule is CCC1=Cc2c(-c3ccc(C(C)(C)C)cc3)ccc(C)c2[CH]1[Zr]([CH3])([CH3])(=[SiH2])[CH]1C(C(C)C)=Cc2c(-c3ccc(C(C)(C)C)cc3)cccc21.Cl.Cl. The fourth-order valence-electron chi connectivity index (χ4n) is 9.08. The van der Waals surface area contributed by atoms with Gasteiger partial charge in [0.1, 0.15) is 0 Å². The third kappa shape index (κ3) is 7.06. The summed E-state index contributed by atoms with van der Waals surface area (Å²) in [5, 5.41) is 0. The second kappa shape index (κ2) is 14.1. The summed E-state index contributed by atoms with van der Waals surface area (Å²) in [6, 6.07) is 30.8. The third-order valence-corrected chi connectivity index (χ3v) is 29.0. The van der Waals surface area contributed by atoms with Crippen LogP contribution < -0.4 is 0 Å². The van der Waals surface area contributed by atoms with Gasteiger partial charge in [-0.15, -0.1) is 24.8 Å². The first-order valence-corrected chi connectivity index (χ1v) is 32.0. The monoisotopic (exact) mass is 800 g/mol. The van der Waals surface area contributed by atoms with Gasteiger partial charge in [-0.2, -0.15) is 0 Å². The zero-order valence-electron chi connectivity index (χ0n) is 32.6. The van der Waals surface area contributed by atoms with Crippen LogP contribution in [0.5, 0.6) is 0 Å². The smallest absolute Gasteiger partial charge is 0.147 e. The number of halogens is 2. The molecule has 4 aromatic carbocycles. The first-order chi connectivity index (χ1) is 22.3. The van der Waals surface area contributed by atoms with E-state index in [9.17, 15) is 0 Å². The molecule has 0 aliphatic heterocycles. The van der Waals surface area contributed by atoms with E-state index < -0.39 is 17.4 Å². The third-order valence-electron chi connectivity index (χ3n) is 11.7. The van der Waals surface area contributed by atoms with E-state index in [1.807, 2.05) is 0 Å². The summed E-state index contributed by atoms with van der Waals surface area (Å²) in [7, 11) is 0. The van der Waals surface area contributed by atoms with Crippen molar-refractivity contribution in [3.8, 4) is 22.3 Å². The molecule has 0 radical (unpaired) electrons. The molecule has 0 aromatic heterocycles. The maximum absolute atomic E-state index is 3.75. The van der Waals surface area contributed by atoms with Crippen molar-refractivity contribution in [2.24, 2.45) is 5.92 Å². The van der Waals surface area contributed by atoms with E-state index in [-0.39, 0.29) is 35.6 Å². The van der Waals surface area contributed by atoms with Gasteiger partial charge >= 0.3 is 297 Å². The van der Waals surface area contributed by atoms with E-state index in [0.29, 0.717) is 13.2 Å². The van der Waals surface area contributed by atoms with Crippen molar-refractivity contribution in [3.63, 3.8) is 0 Å². The molecular weight excluding hydrogens is 743 g/mol. The molecule has 2 atom stereocenters. The van der Waals surface area contributed by atoms with E-state index in [1.165, 1.54) is 50.1 Å². The first kappa shape index (κ1) is 40.8. The summed E-state index contributed by atoms with van der Waals surface area (Å²) >= 11 is -3.75. The molecule has 4 aromatic rings. The van der Waals surface area contributed by atoms with Gasteiger partial charge in [0.2, 0.25) is 0 Å². The van der Waals surface area contributed by atoms with Gasteiger partial charge in [-0.25, -0.2) is 0 Å². The minimum absolute atomic E-state index is 0. The van der Waals surface area contributed by atoms with Crippen LogP contribution in [0.4, 0.5) is 0 Å². The van der Waals surface area contributed by atoms with E-state index in [4.69, 9.17) is 0 Å². The summed E-state index contributed by atoms with van der Waals surface area (Å²) in [5.74, 6) is 0.500. The number of hydrogen-bond donors (Lipinski definition) is 0. The van der Waals surface area contributed by atoms with Crippen molar-refractivity contribution in [2.75, 3.05) is 0 Å². The van der Waals surface area contributed by atoms with Crippen LogP contribution in [0.25, 0.3) is 34.4 Å². The topological polar surface area (TPSA) is 0 Å². The van der Waals surface area contributed by atoms with Crippen molar-refractivity contribution in [1.82, 2.24) is 0 Å². The summed E-state index contributed by atoms with van der Waals surface area (Å²) < 4.78 is 6.63. The zero-order chi connectivity index (χ0) is 35.0. The fraction of sp³-hybridized carbons (Fsp3) is 0.391. The second-order valence-corrected chi connectivity index (χ2v) is 48.9. The Morgan fingerprint density at radius 1 is 0.660 bits per heavy atom. The van der Waals surface area contributed by atoms with Gasteiger partial charge in [0.05, 0.1) is 0 Å². The van der Waals surface area contributed by atoms with Crippen LogP contribution in [0.3, 0.4) is 0 Å². The molecule has 2 aliphatic carbocycles. The molecule has 4 heteroatoms. The van der Waals surface area contributed by atoms with Crippen LogP contribution in [-0.2, 0) is 28.2 Å². The van der Waals surface area contributed by atoms with Gasteiger partial charge in [0.15, 0.2) is 0 Å². The Balaban J connectivity index is 0.00000281. The molecule has 0 bridgehead atoms. The van der Waals surface area contributed by atoms with Gasteiger partial charge in [-0.05, 0) is 0 Å². The number of fused-ring (bicyclic) bond motifs is 2. The Labute approximate surface area is 319 Å². The van der Waals surface area contributed by atoms with Crippen LogP contribution in [-0.4, -0.2) is 6.88 Å². The van der Waals surface area contributed by atoms with Crippen LogP contribution >= 0.6 is 24.8 Å². The van der Waals surface area contributed by atoms with E-state index in [0.717, 1.165) is 6.42 Å². The number of aryl methyl sites for hydroxylation is 1. The maximum atomic E-state index is 2.80. The van der Waals surface area contributed by atoms with Crippen molar-refractivity contribution in [2.45, 2.75) is 103 Å². The standard InChI is InChI=1S/2C22H25.2CH3.2ClH.H2Si.Zr/c1-15(2)18-13-17-7-6-8-20(21(17)14-18)16-9-11-19(12-10-16)22(3,4)5;1-6-16-13-20-15(2)7-12-19(21(20)14-16)17-8-10-18(11-9-17)22(3,4)5;;;;;;/h6-15H,1-5H3;7-14H,6H2,1-5H3;2*1H3;2*1H;1H2;. The molecule has 0 nitrogen and oxygen atoms in total.